The number of pyridine rings is 1. The van der Waals surface area contributed by atoms with Crippen molar-refractivity contribution in [1.82, 2.24) is 9.88 Å². The molecule has 5 heteroatoms. The Labute approximate surface area is 127 Å². The highest BCUT2D eigenvalue weighted by Gasteiger charge is 2.25. The Hall–Kier alpha value is -0.610. The van der Waals surface area contributed by atoms with E-state index in [1.54, 1.807) is 12.4 Å². The summed E-state index contributed by atoms with van der Waals surface area (Å²) in [6.45, 7) is 0.609. The highest BCUT2D eigenvalue weighted by Crippen LogP contribution is 2.24. The van der Waals surface area contributed by atoms with Gasteiger partial charge in [0.1, 0.15) is 0 Å². The van der Waals surface area contributed by atoms with Gasteiger partial charge in [0.2, 0.25) is 0 Å². The number of halogens is 2. The summed E-state index contributed by atoms with van der Waals surface area (Å²) in [6, 6.07) is 2.15. The zero-order valence-electron chi connectivity index (χ0n) is 10.8. The third kappa shape index (κ3) is 3.93. The third-order valence-corrected chi connectivity index (χ3v) is 4.16. The van der Waals surface area contributed by atoms with Crippen LogP contribution in [-0.4, -0.2) is 34.3 Å². The van der Waals surface area contributed by atoms with Gasteiger partial charge in [-0.2, -0.15) is 0 Å². The molecule has 0 aliphatic heterocycles. The summed E-state index contributed by atoms with van der Waals surface area (Å²) < 4.78 is 0.827. The molecule has 1 aliphatic rings. The molecule has 2 rings (SSSR count). The summed E-state index contributed by atoms with van der Waals surface area (Å²) in [5.74, 6) is 0.519. The van der Waals surface area contributed by atoms with Crippen LogP contribution < -0.4 is 0 Å². The maximum absolute atomic E-state index is 12.6. The molecular weight excluding hydrogens is 328 g/mol. The van der Waals surface area contributed by atoms with Gasteiger partial charge in [0.15, 0.2) is 0 Å². The SMILES string of the molecule is O=C(c1cncc(Br)c1)N(CCCl)C1CCCCC1. The van der Waals surface area contributed by atoms with Crippen molar-refractivity contribution in [2.45, 2.75) is 38.1 Å². The van der Waals surface area contributed by atoms with Gasteiger partial charge in [0, 0.05) is 35.3 Å². The van der Waals surface area contributed by atoms with E-state index in [1.807, 2.05) is 11.0 Å². The lowest BCUT2D eigenvalue weighted by atomic mass is 9.94. The predicted molar refractivity (Wildman–Crippen MR) is 80.6 cm³/mol. The van der Waals surface area contributed by atoms with Crippen LogP contribution in [-0.2, 0) is 0 Å². The molecule has 0 bridgehead atoms. The van der Waals surface area contributed by atoms with Gasteiger partial charge in [0.25, 0.3) is 5.91 Å². The fourth-order valence-electron chi connectivity index (χ4n) is 2.63. The molecule has 0 spiro atoms. The number of hydrogen-bond donors (Lipinski definition) is 0. The van der Waals surface area contributed by atoms with Crippen LogP contribution in [0.2, 0.25) is 0 Å². The van der Waals surface area contributed by atoms with E-state index in [1.165, 1.54) is 19.3 Å². The molecule has 3 nitrogen and oxygen atoms in total. The first-order valence-corrected chi connectivity index (χ1v) is 8.02. The molecule has 0 atom stereocenters. The van der Waals surface area contributed by atoms with E-state index in [4.69, 9.17) is 11.6 Å². The molecule has 1 fully saturated rings. The molecular formula is C14H18BrClN2O. The van der Waals surface area contributed by atoms with Crippen molar-refractivity contribution in [3.8, 4) is 0 Å². The third-order valence-electron chi connectivity index (χ3n) is 3.55. The lowest BCUT2D eigenvalue weighted by molar-refractivity contribution is 0.0649. The van der Waals surface area contributed by atoms with E-state index >= 15 is 0 Å². The van der Waals surface area contributed by atoms with Crippen LogP contribution in [0, 0.1) is 0 Å². The van der Waals surface area contributed by atoms with Crippen LogP contribution in [0.4, 0.5) is 0 Å². The van der Waals surface area contributed by atoms with Crippen LogP contribution in [0.25, 0.3) is 0 Å². The predicted octanol–water partition coefficient (Wildman–Crippen LogP) is 3.86. The summed E-state index contributed by atoms with van der Waals surface area (Å²) in [5.41, 5.74) is 0.630. The van der Waals surface area contributed by atoms with Gasteiger partial charge in [-0.25, -0.2) is 0 Å². The van der Waals surface area contributed by atoms with Crippen molar-refractivity contribution in [1.29, 1.82) is 0 Å². The molecule has 0 aromatic carbocycles. The highest BCUT2D eigenvalue weighted by atomic mass is 79.9. The second kappa shape index (κ2) is 7.25. The average Bonchev–Trinajstić information content (AvgIpc) is 2.45. The zero-order chi connectivity index (χ0) is 13.7. The maximum atomic E-state index is 12.6. The Kier molecular flexibility index (Phi) is 5.64. The lowest BCUT2D eigenvalue weighted by Crippen LogP contribution is -2.42. The second-order valence-corrected chi connectivity index (χ2v) is 6.16. The van der Waals surface area contributed by atoms with Crippen LogP contribution in [0.3, 0.4) is 0 Å². The molecule has 1 heterocycles. The van der Waals surface area contributed by atoms with Crippen molar-refractivity contribution in [2.24, 2.45) is 0 Å². The molecule has 0 N–H and O–H groups in total. The minimum atomic E-state index is 0.0429. The summed E-state index contributed by atoms with van der Waals surface area (Å²) >= 11 is 9.21. The number of alkyl halides is 1. The Balaban J connectivity index is 2.15. The van der Waals surface area contributed by atoms with Crippen molar-refractivity contribution in [2.75, 3.05) is 12.4 Å². The molecule has 0 radical (unpaired) electrons. The number of aromatic nitrogens is 1. The maximum Gasteiger partial charge on any atom is 0.255 e. The van der Waals surface area contributed by atoms with Crippen LogP contribution in [0.5, 0.6) is 0 Å². The molecule has 1 saturated carbocycles. The Morgan fingerprint density at radius 2 is 2.11 bits per heavy atom. The molecule has 1 aromatic rings. The average molecular weight is 346 g/mol. The molecule has 1 aliphatic carbocycles. The summed E-state index contributed by atoms with van der Waals surface area (Å²) in [4.78, 5) is 18.6. The molecule has 19 heavy (non-hydrogen) atoms. The summed E-state index contributed by atoms with van der Waals surface area (Å²) in [7, 11) is 0. The number of carbonyl (C=O) groups is 1. The fraction of sp³-hybridized carbons (Fsp3) is 0.571. The van der Waals surface area contributed by atoms with Gasteiger partial charge in [-0.05, 0) is 34.8 Å². The van der Waals surface area contributed by atoms with Crippen molar-refractivity contribution in [3.63, 3.8) is 0 Å². The Morgan fingerprint density at radius 1 is 1.37 bits per heavy atom. The van der Waals surface area contributed by atoms with Gasteiger partial charge < -0.3 is 4.90 Å². The van der Waals surface area contributed by atoms with E-state index in [2.05, 4.69) is 20.9 Å². The van der Waals surface area contributed by atoms with Gasteiger partial charge in [0.05, 0.1) is 5.56 Å². The highest BCUT2D eigenvalue weighted by molar-refractivity contribution is 9.10. The first-order chi connectivity index (χ1) is 9.22. The normalized spacial score (nSPS) is 16.3. The first kappa shape index (κ1) is 14.8. The van der Waals surface area contributed by atoms with Crippen molar-refractivity contribution < 1.29 is 4.79 Å². The monoisotopic (exact) mass is 344 g/mol. The van der Waals surface area contributed by atoms with E-state index in [0.29, 0.717) is 24.0 Å². The molecule has 0 unspecified atom stereocenters. The minimum Gasteiger partial charge on any atom is -0.334 e. The number of rotatable bonds is 4. The van der Waals surface area contributed by atoms with Crippen molar-refractivity contribution in [3.05, 3.63) is 28.5 Å². The number of carbonyl (C=O) groups excluding carboxylic acids is 1. The summed E-state index contributed by atoms with van der Waals surface area (Å²) in [5, 5.41) is 0. The van der Waals surface area contributed by atoms with Crippen LogP contribution >= 0.6 is 27.5 Å². The van der Waals surface area contributed by atoms with Gasteiger partial charge >= 0.3 is 0 Å². The quantitative estimate of drug-likeness (QED) is 0.776. The molecule has 0 saturated heterocycles. The first-order valence-electron chi connectivity index (χ1n) is 6.70. The Morgan fingerprint density at radius 3 is 2.74 bits per heavy atom. The van der Waals surface area contributed by atoms with Gasteiger partial charge in [-0.1, -0.05) is 19.3 Å². The fourth-order valence-corrected chi connectivity index (χ4v) is 3.18. The molecule has 1 aromatic heterocycles. The molecule has 104 valence electrons. The number of hydrogen-bond acceptors (Lipinski definition) is 2. The largest absolute Gasteiger partial charge is 0.334 e. The smallest absolute Gasteiger partial charge is 0.255 e. The topological polar surface area (TPSA) is 33.2 Å². The standard InChI is InChI=1S/C14H18BrClN2O/c15-12-8-11(9-17-10-12)14(19)18(7-6-16)13-4-2-1-3-5-13/h8-10,13H,1-7H2. The number of amides is 1. The minimum absolute atomic E-state index is 0.0429. The van der Waals surface area contributed by atoms with E-state index < -0.39 is 0 Å². The molecule has 1 amide bonds. The van der Waals surface area contributed by atoms with E-state index in [9.17, 15) is 4.79 Å². The van der Waals surface area contributed by atoms with E-state index in [-0.39, 0.29) is 5.91 Å². The zero-order valence-corrected chi connectivity index (χ0v) is 13.2. The lowest BCUT2D eigenvalue weighted by Gasteiger charge is -2.34. The van der Waals surface area contributed by atoms with Crippen molar-refractivity contribution >= 4 is 33.4 Å². The van der Waals surface area contributed by atoms with E-state index in [0.717, 1.165) is 17.3 Å². The Bertz CT molecular complexity index is 435. The summed E-state index contributed by atoms with van der Waals surface area (Å²) in [6.07, 6.45) is 9.16. The van der Waals surface area contributed by atoms with Gasteiger partial charge in [-0.3, -0.25) is 9.78 Å². The van der Waals surface area contributed by atoms with Crippen LogP contribution in [0.15, 0.2) is 22.9 Å². The number of nitrogens with zero attached hydrogens (tertiary/aromatic N) is 2. The van der Waals surface area contributed by atoms with Crippen LogP contribution in [0.1, 0.15) is 42.5 Å². The second-order valence-electron chi connectivity index (χ2n) is 4.87. The van der Waals surface area contributed by atoms with Gasteiger partial charge in [-0.15, -0.1) is 11.6 Å².